The van der Waals surface area contributed by atoms with Crippen molar-refractivity contribution in [2.24, 2.45) is 11.7 Å². The molecule has 2 aromatic carbocycles. The summed E-state index contributed by atoms with van der Waals surface area (Å²) in [4.78, 5) is 29.4. The van der Waals surface area contributed by atoms with Crippen molar-refractivity contribution in [3.63, 3.8) is 0 Å². The van der Waals surface area contributed by atoms with Gasteiger partial charge in [-0.2, -0.15) is 0 Å². The van der Waals surface area contributed by atoms with E-state index in [4.69, 9.17) is 5.73 Å². The molecule has 0 aliphatic carbocycles. The molecule has 2 amide bonds. The summed E-state index contributed by atoms with van der Waals surface area (Å²) in [7, 11) is 0. The normalized spacial score (nSPS) is 18.0. The predicted molar refractivity (Wildman–Crippen MR) is 104 cm³/mol. The van der Waals surface area contributed by atoms with E-state index in [2.05, 4.69) is 13.8 Å². The number of carbonyl (C=O) groups is 2. The van der Waals surface area contributed by atoms with Crippen molar-refractivity contribution in [2.75, 3.05) is 9.80 Å². The zero-order valence-electron chi connectivity index (χ0n) is 16.1. The summed E-state index contributed by atoms with van der Waals surface area (Å²) < 4.78 is 0. The molecule has 0 radical (unpaired) electrons. The molecule has 3 rings (SSSR count). The van der Waals surface area contributed by atoms with Crippen LogP contribution in [0, 0.1) is 5.92 Å². The van der Waals surface area contributed by atoms with Gasteiger partial charge in [-0.05, 0) is 43.5 Å². The van der Waals surface area contributed by atoms with Crippen LogP contribution in [0.2, 0.25) is 0 Å². The third-order valence-electron chi connectivity index (χ3n) is 4.64. The number of anilines is 3. The quantitative estimate of drug-likeness (QED) is 0.613. The second-order valence-corrected chi connectivity index (χ2v) is 7.16. The average Bonchev–Trinajstić information content (AvgIpc) is 2.70. The number of benzene rings is 2. The molecule has 2 aromatic rings. The van der Waals surface area contributed by atoms with Gasteiger partial charge in [0.15, 0.2) is 6.04 Å². The third kappa shape index (κ3) is 4.12. The number of amides is 2. The van der Waals surface area contributed by atoms with Gasteiger partial charge in [0.05, 0.1) is 11.4 Å². The Balaban J connectivity index is 0.00000261. The summed E-state index contributed by atoms with van der Waals surface area (Å²) in [5.74, 6) is -0.340. The molecule has 0 saturated heterocycles. The van der Waals surface area contributed by atoms with Crippen molar-refractivity contribution < 1.29 is 29.1 Å². The van der Waals surface area contributed by atoms with Gasteiger partial charge in [-0.1, -0.05) is 44.2 Å². The number of hydrogen-bond acceptors (Lipinski definition) is 3. The molecular weight excluding hydrogens is 392 g/mol. The van der Waals surface area contributed by atoms with Gasteiger partial charge >= 0.3 is 0 Å². The van der Waals surface area contributed by atoms with E-state index in [0.29, 0.717) is 17.3 Å². The number of carbonyl (C=O) groups excluding carboxylic acids is 2. The standard InChI is InChI=1S/C21H25N3O2.Zn/c1-14(2)13-15(3)23-17-11-7-8-12-18(17)24(16-9-5-4-6-10-16)21(26)19(22)20(23)25;/h4-12,14-15,19H,13,22H2,1-3H3;. The van der Waals surface area contributed by atoms with Crippen molar-refractivity contribution in [3.8, 4) is 0 Å². The second kappa shape index (κ2) is 8.77. The zero-order chi connectivity index (χ0) is 18.8. The van der Waals surface area contributed by atoms with Crippen LogP contribution in [0.5, 0.6) is 0 Å². The summed E-state index contributed by atoms with van der Waals surface area (Å²) in [6, 6.07) is 15.5. The van der Waals surface area contributed by atoms with E-state index in [1.807, 2.05) is 61.5 Å². The Morgan fingerprint density at radius 3 is 2.04 bits per heavy atom. The van der Waals surface area contributed by atoms with Gasteiger partial charge in [0.25, 0.3) is 11.8 Å². The molecule has 0 fully saturated rings. The molecule has 27 heavy (non-hydrogen) atoms. The molecular formula is C21H25N3O2Zn. The molecule has 2 unspecified atom stereocenters. The molecule has 1 heterocycles. The van der Waals surface area contributed by atoms with E-state index in [-0.39, 0.29) is 31.4 Å². The van der Waals surface area contributed by atoms with Crippen LogP contribution in [-0.4, -0.2) is 23.9 Å². The molecule has 6 heteroatoms. The van der Waals surface area contributed by atoms with Gasteiger partial charge < -0.3 is 10.6 Å². The summed E-state index contributed by atoms with van der Waals surface area (Å²) in [5.41, 5.74) is 8.21. The van der Waals surface area contributed by atoms with Crippen molar-refractivity contribution in [2.45, 2.75) is 39.3 Å². The van der Waals surface area contributed by atoms with Gasteiger partial charge in [0.2, 0.25) is 0 Å². The van der Waals surface area contributed by atoms with Crippen LogP contribution in [0.3, 0.4) is 0 Å². The topological polar surface area (TPSA) is 66.6 Å². The van der Waals surface area contributed by atoms with E-state index in [1.54, 1.807) is 9.80 Å². The van der Waals surface area contributed by atoms with Crippen molar-refractivity contribution in [1.29, 1.82) is 0 Å². The molecule has 0 spiro atoms. The maximum absolute atomic E-state index is 13.1. The number of nitrogens with two attached hydrogens (primary N) is 1. The fraction of sp³-hybridized carbons (Fsp3) is 0.333. The van der Waals surface area contributed by atoms with Gasteiger partial charge in [0.1, 0.15) is 0 Å². The number of hydrogen-bond donors (Lipinski definition) is 1. The Hall–Kier alpha value is -2.04. The van der Waals surface area contributed by atoms with E-state index in [0.717, 1.165) is 12.1 Å². The number of para-hydroxylation sites is 3. The van der Waals surface area contributed by atoms with Gasteiger partial charge in [-0.3, -0.25) is 14.5 Å². The van der Waals surface area contributed by atoms with Crippen LogP contribution >= 0.6 is 0 Å². The minimum Gasteiger partial charge on any atom is -0.312 e. The molecule has 0 aromatic heterocycles. The second-order valence-electron chi connectivity index (χ2n) is 7.16. The molecule has 1 aliphatic heterocycles. The largest absolute Gasteiger partial charge is 0.312 e. The first kappa shape index (κ1) is 21.3. The smallest absolute Gasteiger partial charge is 0.258 e. The molecule has 0 saturated carbocycles. The van der Waals surface area contributed by atoms with Crippen LogP contribution < -0.4 is 15.5 Å². The van der Waals surface area contributed by atoms with Crippen LogP contribution in [0.15, 0.2) is 54.6 Å². The summed E-state index contributed by atoms with van der Waals surface area (Å²) >= 11 is 0. The van der Waals surface area contributed by atoms with Crippen molar-refractivity contribution in [1.82, 2.24) is 0 Å². The molecule has 138 valence electrons. The van der Waals surface area contributed by atoms with Crippen LogP contribution in [0.25, 0.3) is 0 Å². The monoisotopic (exact) mass is 415 g/mol. The van der Waals surface area contributed by atoms with Gasteiger partial charge in [-0.25, -0.2) is 0 Å². The number of fused-ring (bicyclic) bond motifs is 1. The molecule has 2 N–H and O–H groups in total. The minimum absolute atomic E-state index is 0. The summed E-state index contributed by atoms with van der Waals surface area (Å²) in [6.45, 7) is 6.24. The van der Waals surface area contributed by atoms with Gasteiger partial charge in [0, 0.05) is 31.2 Å². The van der Waals surface area contributed by atoms with Crippen LogP contribution in [-0.2, 0) is 29.1 Å². The van der Waals surface area contributed by atoms with Crippen molar-refractivity contribution >= 4 is 28.9 Å². The Kier molecular flexibility index (Phi) is 6.91. The first-order chi connectivity index (χ1) is 12.4. The summed E-state index contributed by atoms with van der Waals surface area (Å²) in [5, 5.41) is 0. The van der Waals surface area contributed by atoms with Crippen LogP contribution in [0.4, 0.5) is 17.1 Å². The minimum atomic E-state index is -1.22. The molecule has 1 aliphatic rings. The predicted octanol–water partition coefficient (Wildman–Crippen LogP) is 3.46. The van der Waals surface area contributed by atoms with Crippen molar-refractivity contribution in [3.05, 3.63) is 54.6 Å². The SMILES string of the molecule is CC(C)CC(C)N1C(=O)C(N)C(=O)N(c2ccccc2)c2ccccc21.[Zn]. The van der Waals surface area contributed by atoms with Gasteiger partial charge in [-0.15, -0.1) is 0 Å². The fourth-order valence-electron chi connectivity index (χ4n) is 3.57. The van der Waals surface area contributed by atoms with E-state index >= 15 is 0 Å². The fourth-order valence-corrected chi connectivity index (χ4v) is 3.57. The summed E-state index contributed by atoms with van der Waals surface area (Å²) in [6.07, 6.45) is 0.826. The third-order valence-corrected chi connectivity index (χ3v) is 4.64. The average molecular weight is 417 g/mol. The first-order valence-electron chi connectivity index (χ1n) is 8.98. The molecule has 5 nitrogen and oxygen atoms in total. The van der Waals surface area contributed by atoms with E-state index < -0.39 is 11.9 Å². The van der Waals surface area contributed by atoms with Crippen LogP contribution in [0.1, 0.15) is 27.2 Å². The number of nitrogens with zero attached hydrogens (tertiary/aromatic N) is 2. The maximum Gasteiger partial charge on any atom is 0.258 e. The zero-order valence-corrected chi connectivity index (χ0v) is 19.1. The van der Waals surface area contributed by atoms with E-state index in [9.17, 15) is 9.59 Å². The Morgan fingerprint density at radius 1 is 0.889 bits per heavy atom. The maximum atomic E-state index is 13.1. The Morgan fingerprint density at radius 2 is 1.44 bits per heavy atom. The van der Waals surface area contributed by atoms with E-state index in [1.165, 1.54) is 0 Å². The Labute approximate surface area is 173 Å². The molecule has 2 atom stereocenters. The number of rotatable bonds is 4. The first-order valence-corrected chi connectivity index (χ1v) is 8.98. The molecule has 0 bridgehead atoms. The Bertz CT molecular complexity index is 810.